The highest BCUT2D eigenvalue weighted by Crippen LogP contribution is 2.24. The Labute approximate surface area is 117 Å². The van der Waals surface area contributed by atoms with Crippen molar-refractivity contribution < 1.29 is 9.90 Å². The average molecular weight is 261 g/mol. The van der Waals surface area contributed by atoms with Crippen LogP contribution in [0, 0.1) is 0 Å². The summed E-state index contributed by atoms with van der Waals surface area (Å²) in [5, 5.41) is 10.0. The number of fused-ring (bicyclic) bond motifs is 1. The number of aromatic nitrogens is 1. The molecule has 1 aromatic heterocycles. The molecule has 0 amide bonds. The van der Waals surface area contributed by atoms with Gasteiger partial charge in [-0.2, -0.15) is 0 Å². The third kappa shape index (κ3) is 2.16. The minimum Gasteiger partial charge on any atom is -0.478 e. The monoisotopic (exact) mass is 261 g/mol. The Kier molecular flexibility index (Phi) is 2.99. The summed E-state index contributed by atoms with van der Waals surface area (Å²) in [6.45, 7) is 0. The van der Waals surface area contributed by atoms with E-state index in [0.29, 0.717) is 16.6 Å². The molecule has 0 aliphatic rings. The summed E-state index contributed by atoms with van der Waals surface area (Å²) in [5.41, 5.74) is 3.74. The maximum absolute atomic E-state index is 11.4. The maximum Gasteiger partial charge on any atom is 0.336 e. The largest absolute Gasteiger partial charge is 0.478 e. The van der Waals surface area contributed by atoms with Gasteiger partial charge in [-0.05, 0) is 12.1 Å². The zero-order valence-corrected chi connectivity index (χ0v) is 11.0. The molecule has 2 aromatic carbocycles. The molecule has 1 heterocycles. The smallest absolute Gasteiger partial charge is 0.336 e. The molecule has 0 radical (unpaired) electrons. The third-order valence-electron chi connectivity index (χ3n) is 3.29. The number of carbonyl (C=O) groups is 1. The molecule has 3 rings (SSSR count). The van der Waals surface area contributed by atoms with Crippen molar-refractivity contribution in [3.8, 4) is 11.3 Å². The van der Waals surface area contributed by atoms with Crippen LogP contribution in [0.5, 0.6) is 0 Å². The van der Waals surface area contributed by atoms with Crippen LogP contribution in [0.4, 0.5) is 0 Å². The lowest BCUT2D eigenvalue weighted by Crippen LogP contribution is -2.02. The Morgan fingerprint density at radius 1 is 1.05 bits per heavy atom. The van der Waals surface area contributed by atoms with Crippen molar-refractivity contribution in [2.24, 2.45) is 0 Å². The van der Waals surface area contributed by atoms with Crippen molar-refractivity contribution in [1.82, 2.24) is 4.98 Å². The Morgan fingerprint density at radius 3 is 2.45 bits per heavy atom. The van der Waals surface area contributed by atoms with Crippen LogP contribution < -0.4 is 5.46 Å². The van der Waals surface area contributed by atoms with Gasteiger partial charge in [0.25, 0.3) is 0 Å². The summed E-state index contributed by atoms with van der Waals surface area (Å²) in [4.78, 5) is 16.0. The molecular weight excluding hydrogens is 249 g/mol. The molecule has 0 fully saturated rings. The van der Waals surface area contributed by atoms with Gasteiger partial charge in [-0.1, -0.05) is 47.9 Å². The number of carboxylic acid groups (broad SMARTS) is 1. The van der Waals surface area contributed by atoms with Gasteiger partial charge in [0.2, 0.25) is 0 Å². The van der Waals surface area contributed by atoms with Gasteiger partial charge in [-0.25, -0.2) is 9.78 Å². The zero-order valence-electron chi connectivity index (χ0n) is 11.0. The number of carboxylic acids is 1. The van der Waals surface area contributed by atoms with Crippen LogP contribution in [-0.4, -0.2) is 23.9 Å². The quantitative estimate of drug-likeness (QED) is 0.716. The highest BCUT2D eigenvalue weighted by molar-refractivity contribution is 6.32. The van der Waals surface area contributed by atoms with Crippen LogP contribution in [0.25, 0.3) is 22.2 Å². The van der Waals surface area contributed by atoms with E-state index in [9.17, 15) is 9.90 Å². The van der Waals surface area contributed by atoms with Crippen LogP contribution in [-0.2, 0) is 0 Å². The zero-order chi connectivity index (χ0) is 14.1. The normalized spacial score (nSPS) is 10.6. The number of pyridine rings is 1. The minimum absolute atomic E-state index is 0.283. The van der Waals surface area contributed by atoms with Crippen molar-refractivity contribution in [2.75, 3.05) is 0 Å². The van der Waals surface area contributed by atoms with Gasteiger partial charge in [0.1, 0.15) is 7.85 Å². The van der Waals surface area contributed by atoms with Gasteiger partial charge in [0, 0.05) is 10.9 Å². The number of rotatable bonds is 2. The predicted molar refractivity (Wildman–Crippen MR) is 82.3 cm³/mol. The van der Waals surface area contributed by atoms with Crippen LogP contribution in [0.1, 0.15) is 10.4 Å². The first-order valence-electron chi connectivity index (χ1n) is 6.35. The van der Waals surface area contributed by atoms with E-state index in [4.69, 9.17) is 0 Å². The van der Waals surface area contributed by atoms with Crippen molar-refractivity contribution in [1.29, 1.82) is 0 Å². The van der Waals surface area contributed by atoms with E-state index < -0.39 is 5.97 Å². The standard InChI is InChI=1S/C16H12BNO2/c17-11-7-5-10(6-8-11)15-9-13(16(19)20)12-3-1-2-4-14(12)18-15/h1-9H,17H2,(H,19,20). The number of benzene rings is 2. The summed E-state index contributed by atoms with van der Waals surface area (Å²) >= 11 is 0. The van der Waals surface area contributed by atoms with Crippen LogP contribution in [0.2, 0.25) is 0 Å². The molecule has 0 spiro atoms. The van der Waals surface area contributed by atoms with Crippen molar-refractivity contribution >= 4 is 30.2 Å². The highest BCUT2D eigenvalue weighted by atomic mass is 16.4. The molecule has 1 N–H and O–H groups in total. The SMILES string of the molecule is Bc1ccc(-c2cc(C(=O)O)c3ccccc3n2)cc1. The Bertz CT molecular complexity index is 797. The highest BCUT2D eigenvalue weighted by Gasteiger charge is 2.12. The Hall–Kier alpha value is -2.62. The summed E-state index contributed by atoms with van der Waals surface area (Å²) < 4.78 is 0. The molecule has 0 saturated heterocycles. The first-order valence-corrected chi connectivity index (χ1v) is 6.35. The second kappa shape index (κ2) is 4.81. The number of nitrogens with zero attached hydrogens (tertiary/aromatic N) is 1. The van der Waals surface area contributed by atoms with Gasteiger partial charge >= 0.3 is 5.97 Å². The van der Waals surface area contributed by atoms with Gasteiger partial charge in [-0.15, -0.1) is 0 Å². The third-order valence-corrected chi connectivity index (χ3v) is 3.29. The lowest BCUT2D eigenvalue weighted by molar-refractivity contribution is 0.0699. The molecule has 0 atom stereocenters. The van der Waals surface area contributed by atoms with Crippen LogP contribution in [0.3, 0.4) is 0 Å². The van der Waals surface area contributed by atoms with E-state index >= 15 is 0 Å². The molecule has 96 valence electrons. The fraction of sp³-hybridized carbons (Fsp3) is 0. The molecule has 3 aromatic rings. The molecule has 0 bridgehead atoms. The van der Waals surface area contributed by atoms with E-state index in [-0.39, 0.29) is 5.56 Å². The summed E-state index contributed by atoms with van der Waals surface area (Å²) in [5.74, 6) is -0.933. The van der Waals surface area contributed by atoms with Crippen LogP contribution in [0.15, 0.2) is 54.6 Å². The maximum atomic E-state index is 11.4. The molecular formula is C16H12BNO2. The fourth-order valence-corrected chi connectivity index (χ4v) is 2.22. The van der Waals surface area contributed by atoms with E-state index in [1.807, 2.05) is 50.3 Å². The number of hydrogen-bond acceptors (Lipinski definition) is 2. The van der Waals surface area contributed by atoms with Crippen molar-refractivity contribution in [3.63, 3.8) is 0 Å². The lowest BCUT2D eigenvalue weighted by Gasteiger charge is -2.07. The molecule has 3 nitrogen and oxygen atoms in total. The van der Waals surface area contributed by atoms with Crippen LogP contribution >= 0.6 is 0 Å². The van der Waals surface area contributed by atoms with Crippen molar-refractivity contribution in [3.05, 3.63) is 60.2 Å². The first-order chi connectivity index (χ1) is 9.65. The topological polar surface area (TPSA) is 50.2 Å². The second-order valence-electron chi connectivity index (χ2n) is 4.74. The molecule has 0 unspecified atom stereocenters. The van der Waals surface area contributed by atoms with Crippen molar-refractivity contribution in [2.45, 2.75) is 0 Å². The van der Waals surface area contributed by atoms with E-state index in [1.165, 1.54) is 0 Å². The Balaban J connectivity index is 2.27. The molecule has 0 aliphatic heterocycles. The lowest BCUT2D eigenvalue weighted by atomic mass is 9.94. The minimum atomic E-state index is -0.933. The Morgan fingerprint density at radius 2 is 1.75 bits per heavy atom. The summed E-state index contributed by atoms with van der Waals surface area (Å²) in [6, 6.07) is 16.8. The summed E-state index contributed by atoms with van der Waals surface area (Å²) in [7, 11) is 2.01. The molecule has 20 heavy (non-hydrogen) atoms. The van der Waals surface area contributed by atoms with Gasteiger partial charge < -0.3 is 5.11 Å². The second-order valence-corrected chi connectivity index (χ2v) is 4.74. The molecule has 0 saturated carbocycles. The van der Waals surface area contributed by atoms with Gasteiger partial charge in [0.15, 0.2) is 0 Å². The first kappa shape index (κ1) is 12.4. The van der Waals surface area contributed by atoms with Gasteiger partial charge in [-0.3, -0.25) is 0 Å². The van der Waals surface area contributed by atoms with E-state index in [2.05, 4.69) is 4.98 Å². The van der Waals surface area contributed by atoms with E-state index in [1.54, 1.807) is 12.1 Å². The predicted octanol–water partition coefficient (Wildman–Crippen LogP) is 1.86. The number of hydrogen-bond donors (Lipinski definition) is 1. The van der Waals surface area contributed by atoms with Gasteiger partial charge in [0.05, 0.1) is 16.8 Å². The summed E-state index contributed by atoms with van der Waals surface area (Å²) in [6.07, 6.45) is 0. The fourth-order valence-electron chi connectivity index (χ4n) is 2.22. The molecule has 0 aliphatic carbocycles. The average Bonchev–Trinajstić information content (AvgIpc) is 2.46. The van der Waals surface area contributed by atoms with E-state index in [0.717, 1.165) is 11.0 Å². The number of aromatic carboxylic acids is 1. The number of para-hydroxylation sites is 1. The molecule has 4 heteroatoms.